The number of amides is 3. The number of rotatable bonds is 14. The predicted octanol–water partition coefficient (Wildman–Crippen LogP) is 0.329. The smallest absolute Gasteiger partial charge is 0.326 e. The summed E-state index contributed by atoms with van der Waals surface area (Å²) in [5, 5.41) is 16.9. The minimum Gasteiger partial charge on any atom is -0.480 e. The van der Waals surface area contributed by atoms with Crippen LogP contribution < -0.4 is 21.7 Å². The Morgan fingerprint density at radius 2 is 1.59 bits per heavy atom. The maximum absolute atomic E-state index is 12.6. The van der Waals surface area contributed by atoms with Crippen LogP contribution >= 0.6 is 11.8 Å². The molecule has 0 saturated heterocycles. The van der Waals surface area contributed by atoms with Gasteiger partial charge in [0.15, 0.2) is 0 Å². The summed E-state index contributed by atoms with van der Waals surface area (Å²) in [6.07, 6.45) is 3.47. The fourth-order valence-electron chi connectivity index (χ4n) is 2.48. The third-order valence-electron chi connectivity index (χ3n) is 5.02. The van der Waals surface area contributed by atoms with Crippen molar-refractivity contribution in [2.45, 2.75) is 65.1 Å². The third kappa shape index (κ3) is 9.98. The van der Waals surface area contributed by atoms with E-state index in [2.05, 4.69) is 16.0 Å². The molecule has 5 atom stereocenters. The van der Waals surface area contributed by atoms with Crippen molar-refractivity contribution in [1.29, 1.82) is 0 Å². The third-order valence-corrected chi connectivity index (χ3v) is 5.66. The summed E-state index contributed by atoms with van der Waals surface area (Å²) < 4.78 is 0. The van der Waals surface area contributed by atoms with E-state index in [0.717, 1.165) is 6.42 Å². The lowest BCUT2D eigenvalue weighted by molar-refractivity contribution is -0.142. The number of nitrogens with two attached hydrogens (primary N) is 1. The van der Waals surface area contributed by atoms with Crippen LogP contribution in [0, 0.1) is 11.8 Å². The number of aliphatic carboxylic acids is 1. The molecule has 0 aliphatic carbocycles. The molecule has 0 rings (SSSR count). The molecule has 0 heterocycles. The zero-order valence-electron chi connectivity index (χ0n) is 18.0. The van der Waals surface area contributed by atoms with Crippen molar-refractivity contribution in [2.24, 2.45) is 17.6 Å². The van der Waals surface area contributed by atoms with Crippen LogP contribution in [-0.4, -0.2) is 65.5 Å². The van der Waals surface area contributed by atoms with Crippen LogP contribution in [0.4, 0.5) is 0 Å². The summed E-state index contributed by atoms with van der Waals surface area (Å²) in [4.78, 5) is 48.3. The lowest BCUT2D eigenvalue weighted by atomic mass is 9.97. The monoisotopic (exact) mass is 432 g/mol. The Bertz CT molecular complexity index is 561. The van der Waals surface area contributed by atoms with Crippen molar-refractivity contribution >= 4 is 35.5 Å². The van der Waals surface area contributed by atoms with Gasteiger partial charge >= 0.3 is 5.97 Å². The normalized spacial score (nSPS) is 16.1. The summed E-state index contributed by atoms with van der Waals surface area (Å²) in [6, 6.07) is -2.63. The van der Waals surface area contributed by atoms with Gasteiger partial charge in [-0.3, -0.25) is 14.4 Å². The van der Waals surface area contributed by atoms with E-state index >= 15 is 0 Å². The summed E-state index contributed by atoms with van der Waals surface area (Å²) >= 11 is 1.48. The fourth-order valence-corrected chi connectivity index (χ4v) is 2.95. The lowest BCUT2D eigenvalue weighted by Crippen LogP contribution is -2.56. The Kier molecular flexibility index (Phi) is 13.3. The molecule has 0 fully saturated rings. The molecule has 6 N–H and O–H groups in total. The second-order valence-corrected chi connectivity index (χ2v) is 8.23. The first kappa shape index (κ1) is 27.2. The standard InChI is InChI=1S/C19H36N4O5S/c1-6-11(3)15(20)17(25)21-10-14(24)23-16(12(4)7-2)18(26)22-13(19(27)28)8-9-29-5/h11-13,15-16H,6-10,20H2,1-5H3,(H,21,25)(H,22,26)(H,23,24)(H,27,28). The molecule has 10 heteroatoms. The van der Waals surface area contributed by atoms with Gasteiger partial charge in [-0.05, 0) is 30.3 Å². The van der Waals surface area contributed by atoms with Crippen molar-refractivity contribution in [3.8, 4) is 0 Å². The van der Waals surface area contributed by atoms with E-state index in [-0.39, 0.29) is 24.8 Å². The Balaban J connectivity index is 4.93. The molecular formula is C19H36N4O5S. The number of thioether (sulfide) groups is 1. The second-order valence-electron chi connectivity index (χ2n) is 7.24. The quantitative estimate of drug-likeness (QED) is 0.265. The Morgan fingerprint density at radius 1 is 1.00 bits per heavy atom. The highest BCUT2D eigenvalue weighted by Crippen LogP contribution is 2.10. The topological polar surface area (TPSA) is 151 Å². The van der Waals surface area contributed by atoms with Gasteiger partial charge in [-0.15, -0.1) is 0 Å². The van der Waals surface area contributed by atoms with Gasteiger partial charge in [0, 0.05) is 0 Å². The van der Waals surface area contributed by atoms with Gasteiger partial charge in [-0.25, -0.2) is 4.79 Å². The molecule has 0 saturated carbocycles. The van der Waals surface area contributed by atoms with E-state index in [0.29, 0.717) is 12.2 Å². The number of carbonyl (C=O) groups is 4. The summed E-state index contributed by atoms with van der Waals surface area (Å²) in [7, 11) is 0. The number of carbonyl (C=O) groups excluding carboxylic acids is 3. The summed E-state index contributed by atoms with van der Waals surface area (Å²) in [5.74, 6) is -2.29. The SMILES string of the molecule is CCC(C)C(N)C(=O)NCC(=O)NC(C(=O)NC(CCSC)C(=O)O)C(C)CC. The molecular weight excluding hydrogens is 396 g/mol. The molecule has 3 amide bonds. The van der Waals surface area contributed by atoms with E-state index in [1.165, 1.54) is 11.8 Å². The van der Waals surface area contributed by atoms with E-state index in [9.17, 15) is 24.3 Å². The molecule has 5 unspecified atom stereocenters. The first-order chi connectivity index (χ1) is 13.6. The van der Waals surface area contributed by atoms with Crippen molar-refractivity contribution in [3.05, 3.63) is 0 Å². The minimum absolute atomic E-state index is 0.0223. The minimum atomic E-state index is -1.12. The molecule has 0 aromatic heterocycles. The van der Waals surface area contributed by atoms with Gasteiger partial charge in [-0.2, -0.15) is 11.8 Å². The van der Waals surface area contributed by atoms with Gasteiger partial charge in [0.05, 0.1) is 12.6 Å². The van der Waals surface area contributed by atoms with Crippen LogP contribution in [0.25, 0.3) is 0 Å². The van der Waals surface area contributed by atoms with Crippen molar-refractivity contribution < 1.29 is 24.3 Å². The van der Waals surface area contributed by atoms with Gasteiger partial charge in [0.1, 0.15) is 12.1 Å². The second kappa shape index (κ2) is 14.2. The van der Waals surface area contributed by atoms with Crippen molar-refractivity contribution in [3.63, 3.8) is 0 Å². The molecule has 0 bridgehead atoms. The molecule has 0 radical (unpaired) electrons. The van der Waals surface area contributed by atoms with Crippen LogP contribution in [-0.2, 0) is 19.2 Å². The number of hydrogen-bond acceptors (Lipinski definition) is 6. The zero-order chi connectivity index (χ0) is 22.6. The Labute approximate surface area is 177 Å². The van der Waals surface area contributed by atoms with Crippen molar-refractivity contribution in [2.75, 3.05) is 18.6 Å². The van der Waals surface area contributed by atoms with Crippen LogP contribution in [0.2, 0.25) is 0 Å². The maximum atomic E-state index is 12.6. The van der Waals surface area contributed by atoms with Gasteiger partial charge < -0.3 is 26.8 Å². The Morgan fingerprint density at radius 3 is 2.07 bits per heavy atom. The Hall–Kier alpha value is -1.81. The highest BCUT2D eigenvalue weighted by atomic mass is 32.2. The maximum Gasteiger partial charge on any atom is 0.326 e. The van der Waals surface area contributed by atoms with Crippen LogP contribution in [0.5, 0.6) is 0 Å². The van der Waals surface area contributed by atoms with Crippen molar-refractivity contribution in [1.82, 2.24) is 16.0 Å². The van der Waals surface area contributed by atoms with E-state index in [4.69, 9.17) is 5.73 Å². The fraction of sp³-hybridized carbons (Fsp3) is 0.789. The van der Waals surface area contributed by atoms with Crippen LogP contribution in [0.15, 0.2) is 0 Å². The largest absolute Gasteiger partial charge is 0.480 e. The van der Waals surface area contributed by atoms with Crippen LogP contribution in [0.1, 0.15) is 47.0 Å². The lowest BCUT2D eigenvalue weighted by Gasteiger charge is -2.25. The molecule has 0 spiro atoms. The number of carboxylic acids is 1. The molecule has 0 aromatic rings. The highest BCUT2D eigenvalue weighted by molar-refractivity contribution is 7.98. The average Bonchev–Trinajstić information content (AvgIpc) is 2.70. The summed E-state index contributed by atoms with van der Waals surface area (Å²) in [5.41, 5.74) is 5.83. The molecule has 168 valence electrons. The van der Waals surface area contributed by atoms with E-state index in [1.54, 1.807) is 6.92 Å². The van der Waals surface area contributed by atoms with E-state index in [1.807, 2.05) is 27.0 Å². The number of hydrogen-bond donors (Lipinski definition) is 5. The number of carboxylic acid groups (broad SMARTS) is 1. The highest BCUT2D eigenvalue weighted by Gasteiger charge is 2.30. The molecule has 0 aliphatic heterocycles. The van der Waals surface area contributed by atoms with Gasteiger partial charge in [0.2, 0.25) is 17.7 Å². The number of nitrogens with one attached hydrogen (secondary N) is 3. The molecule has 0 aromatic carbocycles. The van der Waals surface area contributed by atoms with Gasteiger partial charge in [-0.1, -0.05) is 40.5 Å². The first-order valence-corrected chi connectivity index (χ1v) is 11.3. The average molecular weight is 433 g/mol. The predicted molar refractivity (Wildman–Crippen MR) is 114 cm³/mol. The first-order valence-electron chi connectivity index (χ1n) is 9.93. The summed E-state index contributed by atoms with van der Waals surface area (Å²) in [6.45, 7) is 7.12. The van der Waals surface area contributed by atoms with E-state index < -0.39 is 41.8 Å². The zero-order valence-corrected chi connectivity index (χ0v) is 18.8. The molecule has 9 nitrogen and oxygen atoms in total. The van der Waals surface area contributed by atoms with Crippen LogP contribution in [0.3, 0.4) is 0 Å². The molecule has 0 aliphatic rings. The van der Waals surface area contributed by atoms with Gasteiger partial charge in [0.25, 0.3) is 0 Å². The molecule has 29 heavy (non-hydrogen) atoms.